The van der Waals surface area contributed by atoms with Gasteiger partial charge in [-0.05, 0) is 24.0 Å². The highest BCUT2D eigenvalue weighted by Gasteiger charge is 2.26. The first kappa shape index (κ1) is 20.7. The van der Waals surface area contributed by atoms with Gasteiger partial charge in [-0.1, -0.05) is 44.2 Å². The van der Waals surface area contributed by atoms with Crippen LogP contribution < -0.4 is 16.2 Å². The number of carbonyl (C=O) groups is 1. The number of aromatic nitrogens is 1. The lowest BCUT2D eigenvalue weighted by atomic mass is 9.75. The zero-order chi connectivity index (χ0) is 19.8. The SMILES string of the molecule is CC(C)C[C@H](NC(=O)Cn1ccc(NCc2ccccc2)cc1=O)B(O)O. The fourth-order valence-corrected chi connectivity index (χ4v) is 2.72. The van der Waals surface area contributed by atoms with Crippen LogP contribution in [-0.4, -0.2) is 33.6 Å². The van der Waals surface area contributed by atoms with Crippen molar-refractivity contribution in [2.45, 2.75) is 39.3 Å². The van der Waals surface area contributed by atoms with Crippen LogP contribution in [0, 0.1) is 5.92 Å². The van der Waals surface area contributed by atoms with Gasteiger partial charge in [0.25, 0.3) is 5.56 Å². The molecule has 1 aromatic heterocycles. The zero-order valence-corrected chi connectivity index (χ0v) is 15.6. The van der Waals surface area contributed by atoms with Crippen molar-refractivity contribution in [2.24, 2.45) is 5.92 Å². The predicted octanol–water partition coefficient (Wildman–Crippen LogP) is 1.00. The Hall–Kier alpha value is -2.58. The van der Waals surface area contributed by atoms with Crippen LogP contribution in [0.15, 0.2) is 53.5 Å². The smallest absolute Gasteiger partial charge is 0.426 e. The van der Waals surface area contributed by atoms with Crippen LogP contribution >= 0.6 is 0 Å². The number of hydrogen-bond donors (Lipinski definition) is 4. The summed E-state index contributed by atoms with van der Waals surface area (Å²) in [6.45, 7) is 4.26. The van der Waals surface area contributed by atoms with Crippen molar-refractivity contribution in [1.82, 2.24) is 9.88 Å². The Morgan fingerprint density at radius 1 is 1.19 bits per heavy atom. The molecule has 1 heterocycles. The van der Waals surface area contributed by atoms with Gasteiger partial charge in [-0.3, -0.25) is 9.59 Å². The van der Waals surface area contributed by atoms with Crippen LogP contribution in [0.5, 0.6) is 0 Å². The Bertz CT molecular complexity index is 793. The maximum absolute atomic E-state index is 12.2. The van der Waals surface area contributed by atoms with Crippen LogP contribution in [0.4, 0.5) is 5.69 Å². The van der Waals surface area contributed by atoms with E-state index in [0.29, 0.717) is 18.7 Å². The maximum Gasteiger partial charge on any atom is 0.475 e. The van der Waals surface area contributed by atoms with E-state index in [1.54, 1.807) is 12.3 Å². The monoisotopic (exact) mass is 371 g/mol. The Balaban J connectivity index is 1.94. The quantitative estimate of drug-likeness (QED) is 0.493. The van der Waals surface area contributed by atoms with E-state index < -0.39 is 19.0 Å². The molecule has 0 radical (unpaired) electrons. The molecule has 1 atom stereocenters. The second-order valence-electron chi connectivity index (χ2n) is 6.94. The Labute approximate surface area is 159 Å². The highest BCUT2D eigenvalue weighted by molar-refractivity contribution is 6.43. The molecule has 0 bridgehead atoms. The fourth-order valence-electron chi connectivity index (χ4n) is 2.72. The van der Waals surface area contributed by atoms with Gasteiger partial charge in [-0.25, -0.2) is 0 Å². The summed E-state index contributed by atoms with van der Waals surface area (Å²) < 4.78 is 1.28. The van der Waals surface area contributed by atoms with E-state index in [1.165, 1.54) is 10.6 Å². The van der Waals surface area contributed by atoms with Crippen molar-refractivity contribution >= 4 is 18.7 Å². The number of nitrogens with zero attached hydrogens (tertiary/aromatic N) is 1. The van der Waals surface area contributed by atoms with Gasteiger partial charge < -0.3 is 25.2 Å². The average molecular weight is 371 g/mol. The molecule has 1 aromatic carbocycles. The third-order valence-corrected chi connectivity index (χ3v) is 4.08. The van der Waals surface area contributed by atoms with Gasteiger partial charge in [0.1, 0.15) is 6.54 Å². The second-order valence-corrected chi connectivity index (χ2v) is 6.94. The molecular weight excluding hydrogens is 345 g/mol. The second kappa shape index (κ2) is 9.94. The van der Waals surface area contributed by atoms with E-state index in [4.69, 9.17) is 0 Å². The Morgan fingerprint density at radius 3 is 2.48 bits per heavy atom. The van der Waals surface area contributed by atoms with Gasteiger partial charge in [-0.15, -0.1) is 0 Å². The molecule has 0 spiro atoms. The number of hydrogen-bond acceptors (Lipinski definition) is 5. The molecule has 0 aliphatic rings. The van der Waals surface area contributed by atoms with Crippen LogP contribution in [0.1, 0.15) is 25.8 Å². The molecule has 144 valence electrons. The Morgan fingerprint density at radius 2 is 1.89 bits per heavy atom. The molecule has 2 rings (SSSR count). The third kappa shape index (κ3) is 6.92. The molecule has 7 nitrogen and oxygen atoms in total. The summed E-state index contributed by atoms with van der Waals surface area (Å²) in [6.07, 6.45) is 1.97. The number of amides is 1. The first-order chi connectivity index (χ1) is 12.8. The molecule has 0 saturated heterocycles. The average Bonchev–Trinajstić information content (AvgIpc) is 2.62. The number of anilines is 1. The van der Waals surface area contributed by atoms with Gasteiger partial charge in [0.15, 0.2) is 0 Å². The van der Waals surface area contributed by atoms with E-state index in [9.17, 15) is 19.6 Å². The summed E-state index contributed by atoms with van der Waals surface area (Å²) in [6, 6.07) is 13.0. The van der Waals surface area contributed by atoms with E-state index in [1.807, 2.05) is 44.2 Å². The molecule has 0 aliphatic heterocycles. The lowest BCUT2D eigenvalue weighted by Crippen LogP contribution is -2.48. The zero-order valence-electron chi connectivity index (χ0n) is 15.6. The largest absolute Gasteiger partial charge is 0.475 e. The topological polar surface area (TPSA) is 104 Å². The standard InChI is InChI=1S/C19H26BN3O4/c1-14(2)10-17(20(26)27)22-18(24)13-23-9-8-16(11-19(23)25)21-12-15-6-4-3-5-7-15/h3-9,11,14,17,21,26-27H,10,12-13H2,1-2H3,(H,22,24)/t17-/m0/s1. The van der Waals surface area contributed by atoms with Gasteiger partial charge in [0.05, 0.1) is 5.94 Å². The predicted molar refractivity (Wildman–Crippen MR) is 106 cm³/mol. The summed E-state index contributed by atoms with van der Waals surface area (Å²) in [7, 11) is -1.64. The van der Waals surface area contributed by atoms with Crippen molar-refractivity contribution in [3.63, 3.8) is 0 Å². The van der Waals surface area contributed by atoms with E-state index in [0.717, 1.165) is 5.56 Å². The van der Waals surface area contributed by atoms with Gasteiger partial charge in [0.2, 0.25) is 5.91 Å². The van der Waals surface area contributed by atoms with Gasteiger partial charge >= 0.3 is 7.12 Å². The van der Waals surface area contributed by atoms with Gasteiger partial charge in [0, 0.05) is 24.5 Å². The van der Waals surface area contributed by atoms with Crippen molar-refractivity contribution in [1.29, 1.82) is 0 Å². The molecule has 0 aliphatic carbocycles. The minimum atomic E-state index is -1.64. The highest BCUT2D eigenvalue weighted by atomic mass is 16.4. The highest BCUT2D eigenvalue weighted by Crippen LogP contribution is 2.07. The number of rotatable bonds is 9. The minimum Gasteiger partial charge on any atom is -0.426 e. The van der Waals surface area contributed by atoms with Crippen LogP contribution in [0.25, 0.3) is 0 Å². The summed E-state index contributed by atoms with van der Waals surface area (Å²) in [5.74, 6) is -1.02. The minimum absolute atomic E-state index is 0.181. The molecule has 1 amide bonds. The number of pyridine rings is 1. The first-order valence-electron chi connectivity index (χ1n) is 8.99. The van der Waals surface area contributed by atoms with Crippen molar-refractivity contribution < 1.29 is 14.8 Å². The van der Waals surface area contributed by atoms with E-state index in [2.05, 4.69) is 10.6 Å². The Kier molecular flexibility index (Phi) is 7.63. The molecule has 2 aromatic rings. The molecule has 0 fully saturated rings. The normalized spacial score (nSPS) is 11.9. The molecular formula is C19H26BN3O4. The molecule has 27 heavy (non-hydrogen) atoms. The summed E-state index contributed by atoms with van der Waals surface area (Å²) in [5.41, 5.74) is 1.46. The fraction of sp³-hybridized carbons (Fsp3) is 0.368. The first-order valence-corrected chi connectivity index (χ1v) is 8.99. The van der Waals surface area contributed by atoms with Gasteiger partial charge in [-0.2, -0.15) is 0 Å². The summed E-state index contributed by atoms with van der Waals surface area (Å²) in [4.78, 5) is 24.4. The molecule has 0 saturated carbocycles. The third-order valence-electron chi connectivity index (χ3n) is 4.08. The molecule has 4 N–H and O–H groups in total. The number of carbonyl (C=O) groups excluding carboxylic acids is 1. The van der Waals surface area contributed by atoms with Crippen molar-refractivity contribution in [3.8, 4) is 0 Å². The summed E-state index contributed by atoms with van der Waals surface area (Å²) in [5, 5.41) is 24.5. The molecule has 0 unspecified atom stereocenters. The summed E-state index contributed by atoms with van der Waals surface area (Å²) >= 11 is 0. The van der Waals surface area contributed by atoms with Crippen molar-refractivity contribution in [3.05, 3.63) is 64.6 Å². The molecule has 8 heteroatoms. The van der Waals surface area contributed by atoms with E-state index in [-0.39, 0.29) is 18.0 Å². The lowest BCUT2D eigenvalue weighted by Gasteiger charge is -2.20. The van der Waals surface area contributed by atoms with Crippen LogP contribution in [0.3, 0.4) is 0 Å². The van der Waals surface area contributed by atoms with Crippen LogP contribution in [0.2, 0.25) is 0 Å². The lowest BCUT2D eigenvalue weighted by molar-refractivity contribution is -0.122. The van der Waals surface area contributed by atoms with Crippen molar-refractivity contribution in [2.75, 3.05) is 5.32 Å². The van der Waals surface area contributed by atoms with Crippen LogP contribution in [-0.2, 0) is 17.9 Å². The number of benzene rings is 1. The van der Waals surface area contributed by atoms with E-state index >= 15 is 0 Å². The maximum atomic E-state index is 12.2. The number of nitrogens with one attached hydrogen (secondary N) is 2.